The highest BCUT2D eigenvalue weighted by molar-refractivity contribution is 7.33. The second kappa shape index (κ2) is 26.2. The van der Waals surface area contributed by atoms with Crippen molar-refractivity contribution in [3.63, 3.8) is 0 Å². The fourth-order valence-electron chi connectivity index (χ4n) is 7.93. The summed E-state index contributed by atoms with van der Waals surface area (Å²) >= 11 is 0. The summed E-state index contributed by atoms with van der Waals surface area (Å²) in [6.45, 7) is 0.609. The summed E-state index contributed by atoms with van der Waals surface area (Å²) in [7, 11) is 3.00. The van der Waals surface area contributed by atoms with Crippen LogP contribution in [0.1, 0.15) is 55.8 Å². The van der Waals surface area contributed by atoms with E-state index in [9.17, 15) is 50.7 Å². The molecule has 8 aromatic rings. The molecule has 0 unspecified atom stereocenters. The Hall–Kier alpha value is -8.75. The minimum absolute atomic E-state index is 0.0226. The van der Waals surface area contributed by atoms with Crippen LogP contribution in [0.4, 0.5) is 72.6 Å². The molecular weight excluding hydrogens is 1100 g/mol. The minimum atomic E-state index is -4.87. The summed E-state index contributed by atoms with van der Waals surface area (Å²) in [4.78, 5) is 45.4. The fraction of sp³-hybridized carbons (Fsp3) is 0.259. The van der Waals surface area contributed by atoms with Crippen LogP contribution in [-0.4, -0.2) is 113 Å². The van der Waals surface area contributed by atoms with Gasteiger partial charge in [-0.2, -0.15) is 46.5 Å². The number of carbonyl (C=O) groups is 2. The van der Waals surface area contributed by atoms with E-state index in [1.165, 1.54) is 50.1 Å². The molecule has 0 radical (unpaired) electrons. The van der Waals surface area contributed by atoms with E-state index in [2.05, 4.69) is 51.4 Å². The van der Waals surface area contributed by atoms with Gasteiger partial charge in [0.2, 0.25) is 11.9 Å². The van der Waals surface area contributed by atoms with Gasteiger partial charge >= 0.3 is 20.6 Å². The number of benzene rings is 4. The molecule has 6 N–H and O–H groups in total. The van der Waals surface area contributed by atoms with Gasteiger partial charge in [0, 0.05) is 102 Å². The molecule has 4 aromatic carbocycles. The topological polar surface area (TPSA) is 252 Å². The van der Waals surface area contributed by atoms with Crippen molar-refractivity contribution in [1.82, 2.24) is 49.3 Å². The van der Waals surface area contributed by atoms with Gasteiger partial charge in [-0.1, -0.05) is 36.4 Å². The number of aliphatic hydroxyl groups excluding tert-OH is 2. The van der Waals surface area contributed by atoms with Crippen molar-refractivity contribution in [2.45, 2.75) is 51.5 Å². The zero-order valence-corrected chi connectivity index (χ0v) is 45.4. The molecule has 4 heterocycles. The molecule has 28 heteroatoms. The van der Waals surface area contributed by atoms with Gasteiger partial charge in [0.1, 0.15) is 22.8 Å². The summed E-state index contributed by atoms with van der Waals surface area (Å²) in [5.41, 5.74) is 2.24. The number of rotatable bonds is 24. The van der Waals surface area contributed by atoms with Crippen molar-refractivity contribution < 1.29 is 59.8 Å². The summed E-state index contributed by atoms with van der Waals surface area (Å²) < 4.78 is 113. The Bertz CT molecular complexity index is 3310. The summed E-state index contributed by atoms with van der Waals surface area (Å²) in [5, 5.41) is 38.1. The molecular formula is C54H55F6N14O7P. The molecule has 8 rings (SSSR count). The predicted octanol–water partition coefficient (Wildman–Crippen LogP) is 10.3. The predicted molar refractivity (Wildman–Crippen MR) is 293 cm³/mol. The number of aryl methyl sites for hydroxylation is 2. The smallest absolute Gasteiger partial charge is 0.396 e. The molecule has 82 heavy (non-hydrogen) atoms. The number of hydrogen-bond acceptors (Lipinski definition) is 17. The number of amides is 2. The Morgan fingerprint density at radius 1 is 0.561 bits per heavy atom. The lowest BCUT2D eigenvalue weighted by molar-refractivity contribution is -0.138. The van der Waals surface area contributed by atoms with E-state index in [-0.39, 0.29) is 60.8 Å². The van der Waals surface area contributed by atoms with E-state index < -0.39 is 55.2 Å². The highest BCUT2D eigenvalue weighted by atomic mass is 31.1. The van der Waals surface area contributed by atoms with Crippen LogP contribution in [0.2, 0.25) is 0 Å². The third kappa shape index (κ3) is 15.4. The quantitative estimate of drug-likeness (QED) is 0.0243. The maximum atomic E-state index is 14.3. The SMILES string of the molecule is CN(C)C(=O)c1cc(-c2cnn(CCCO)c2)ccc1Nc1nc(Nc2ccc(CO[PH](=O)OCc3ccc(Nc4ncc(C(F)(F)F)c(Nc5ccc(-c6cnn(CCCO)c6)cc5C(=O)N(C)C)n4)cc3)cc2)ncc1C(F)(F)F. The third-order valence-electron chi connectivity index (χ3n) is 12.2. The van der Waals surface area contributed by atoms with Crippen molar-refractivity contribution in [1.29, 1.82) is 0 Å². The Balaban J connectivity index is 0.867. The number of carbonyl (C=O) groups excluding carboxylic acids is 2. The van der Waals surface area contributed by atoms with Crippen LogP contribution in [-0.2, 0) is 52.3 Å². The van der Waals surface area contributed by atoms with Crippen molar-refractivity contribution in [2.24, 2.45) is 0 Å². The molecule has 0 aliphatic heterocycles. The van der Waals surface area contributed by atoms with Gasteiger partial charge in [0.05, 0.1) is 48.1 Å². The molecule has 4 aromatic heterocycles. The van der Waals surface area contributed by atoms with E-state index in [1.54, 1.807) is 107 Å². The van der Waals surface area contributed by atoms with Gasteiger partial charge in [-0.3, -0.25) is 23.5 Å². The van der Waals surface area contributed by atoms with Gasteiger partial charge < -0.3 is 50.3 Å². The Kier molecular flexibility index (Phi) is 19.0. The van der Waals surface area contributed by atoms with Crippen LogP contribution in [0, 0.1) is 0 Å². The van der Waals surface area contributed by atoms with Gasteiger partial charge in [-0.25, -0.2) is 9.97 Å². The summed E-state index contributed by atoms with van der Waals surface area (Å²) in [6, 6.07) is 22.1. The van der Waals surface area contributed by atoms with Gasteiger partial charge in [-0.05, 0) is 83.6 Å². The maximum absolute atomic E-state index is 14.3. The molecule has 2 amide bonds. The summed E-state index contributed by atoms with van der Waals surface area (Å²) in [6.07, 6.45) is -0.908. The number of nitrogens with zero attached hydrogens (tertiary/aromatic N) is 10. The third-order valence-corrected chi connectivity index (χ3v) is 12.9. The molecule has 21 nitrogen and oxygen atoms in total. The van der Waals surface area contributed by atoms with E-state index in [0.717, 1.165) is 0 Å². The van der Waals surface area contributed by atoms with E-state index >= 15 is 0 Å². The zero-order chi connectivity index (χ0) is 58.7. The molecule has 0 atom stereocenters. The standard InChI is InChI=1S/C54H55F6N14O7P/c1-71(2)49(77)41-23-35(37-25-63-73(29-37)19-5-21-75)11-17-45(41)67-47-43(53(55,56)57)27-61-51(69-47)65-39-13-7-33(8-14-39)31-80-82(79)81-32-34-9-15-40(16-10-34)66-52-62-28-44(54(58,59)60)48(70-52)68-46-18-12-36(24-42(46)50(78)72(3)4)38-26-64-74(30-38)20-6-22-76/h7-18,23-30,75-76,82H,5-6,19-22,31-32H2,1-4H3,(H2,61,65,67,69)(H2,62,66,68,70). The van der Waals surface area contributed by atoms with Crippen molar-refractivity contribution in [3.8, 4) is 22.3 Å². The van der Waals surface area contributed by atoms with Crippen LogP contribution in [0.3, 0.4) is 0 Å². The number of alkyl halides is 6. The number of halogens is 6. The Labute approximate surface area is 465 Å². The Morgan fingerprint density at radius 3 is 1.30 bits per heavy atom. The molecule has 430 valence electrons. The number of aliphatic hydroxyl groups is 2. The van der Waals surface area contributed by atoms with Crippen molar-refractivity contribution >= 4 is 66.4 Å². The van der Waals surface area contributed by atoms with Crippen LogP contribution in [0.5, 0.6) is 0 Å². The van der Waals surface area contributed by atoms with E-state index in [0.29, 0.717) is 83.1 Å². The molecule has 0 saturated heterocycles. The van der Waals surface area contributed by atoms with E-state index in [1.807, 2.05) is 0 Å². The maximum Gasteiger partial charge on any atom is 0.421 e. The first-order valence-electron chi connectivity index (χ1n) is 25.1. The van der Waals surface area contributed by atoms with Gasteiger partial charge in [-0.15, -0.1) is 0 Å². The first-order valence-corrected chi connectivity index (χ1v) is 26.3. The lowest BCUT2D eigenvalue weighted by Gasteiger charge is -2.19. The number of anilines is 8. The van der Waals surface area contributed by atoms with Crippen LogP contribution < -0.4 is 21.3 Å². The zero-order valence-electron chi connectivity index (χ0n) is 44.4. The fourth-order valence-corrected chi connectivity index (χ4v) is 8.59. The monoisotopic (exact) mass is 1160 g/mol. The highest BCUT2D eigenvalue weighted by Crippen LogP contribution is 2.39. The van der Waals surface area contributed by atoms with Crippen LogP contribution in [0.15, 0.2) is 122 Å². The number of aromatic nitrogens is 8. The molecule has 0 aliphatic rings. The molecule has 0 saturated carbocycles. The first-order chi connectivity index (χ1) is 39.1. The van der Waals surface area contributed by atoms with Crippen LogP contribution >= 0.6 is 8.25 Å². The van der Waals surface area contributed by atoms with Crippen LogP contribution in [0.25, 0.3) is 22.3 Å². The highest BCUT2D eigenvalue weighted by Gasteiger charge is 2.37. The average Bonchev–Trinajstić information content (AvgIpc) is 4.16. The normalized spacial score (nSPS) is 11.7. The Morgan fingerprint density at radius 2 is 0.951 bits per heavy atom. The first kappa shape index (κ1) is 59.4. The summed E-state index contributed by atoms with van der Waals surface area (Å²) in [5.74, 6) is -2.61. The number of hydrogen-bond donors (Lipinski definition) is 6. The number of nitrogens with one attached hydrogen (secondary N) is 4. The lowest BCUT2D eigenvalue weighted by Crippen LogP contribution is -2.23. The lowest BCUT2D eigenvalue weighted by atomic mass is 10.0. The van der Waals surface area contributed by atoms with Gasteiger partial charge in [0.15, 0.2) is 0 Å². The average molecular weight is 1160 g/mol. The second-order valence-electron chi connectivity index (χ2n) is 18.7. The largest absolute Gasteiger partial charge is 0.421 e. The van der Waals surface area contributed by atoms with E-state index in [4.69, 9.17) is 9.05 Å². The van der Waals surface area contributed by atoms with Crippen molar-refractivity contribution in [2.75, 3.05) is 62.7 Å². The molecule has 0 fully saturated rings. The van der Waals surface area contributed by atoms with Crippen molar-refractivity contribution in [3.05, 3.63) is 155 Å². The minimum Gasteiger partial charge on any atom is -0.396 e. The molecule has 0 aliphatic carbocycles. The molecule has 0 bridgehead atoms. The second-order valence-corrected chi connectivity index (χ2v) is 19.8. The van der Waals surface area contributed by atoms with Gasteiger partial charge in [0.25, 0.3) is 11.8 Å². The molecule has 0 spiro atoms.